The van der Waals surface area contributed by atoms with Crippen molar-refractivity contribution < 1.29 is 0 Å². The van der Waals surface area contributed by atoms with Crippen molar-refractivity contribution in [3.63, 3.8) is 0 Å². The van der Waals surface area contributed by atoms with Gasteiger partial charge in [-0.3, -0.25) is 0 Å². The van der Waals surface area contributed by atoms with Crippen LogP contribution in [0.4, 0.5) is 0 Å². The summed E-state index contributed by atoms with van der Waals surface area (Å²) in [5.41, 5.74) is 0. The molecule has 0 heterocycles. The lowest BCUT2D eigenvalue weighted by molar-refractivity contribution is 0.202. The summed E-state index contributed by atoms with van der Waals surface area (Å²) in [5.74, 6) is 5.65. The molecule has 0 aliphatic heterocycles. The van der Waals surface area contributed by atoms with Crippen molar-refractivity contribution in [3.8, 4) is 0 Å². The molecular formula is C14H25NS. The third kappa shape index (κ3) is 1.82. The normalized spacial score (nSPS) is 47.2. The van der Waals surface area contributed by atoms with Gasteiger partial charge in [0.1, 0.15) is 0 Å². The van der Waals surface area contributed by atoms with Crippen molar-refractivity contribution in [3.05, 3.63) is 0 Å². The number of hydrogen-bond acceptors (Lipinski definition) is 2. The average molecular weight is 239 g/mol. The van der Waals surface area contributed by atoms with Gasteiger partial charge >= 0.3 is 0 Å². The zero-order valence-corrected chi connectivity index (χ0v) is 11.4. The van der Waals surface area contributed by atoms with Crippen molar-refractivity contribution in [2.24, 2.45) is 23.7 Å². The maximum atomic E-state index is 3.90. The number of thioether (sulfide) groups is 1. The fourth-order valence-corrected chi connectivity index (χ4v) is 5.52. The van der Waals surface area contributed by atoms with Gasteiger partial charge in [0.2, 0.25) is 0 Å². The molecule has 0 radical (unpaired) electrons. The van der Waals surface area contributed by atoms with E-state index in [1.54, 1.807) is 19.3 Å². The third-order valence-electron chi connectivity index (χ3n) is 5.34. The van der Waals surface area contributed by atoms with Gasteiger partial charge in [-0.2, -0.15) is 11.8 Å². The minimum atomic E-state index is 0.708. The summed E-state index contributed by atoms with van der Waals surface area (Å²) < 4.78 is 0. The first-order valence-corrected chi connectivity index (χ1v) is 8.44. The Morgan fingerprint density at radius 2 is 2.00 bits per heavy atom. The molecular weight excluding hydrogens is 214 g/mol. The van der Waals surface area contributed by atoms with Crippen LogP contribution in [0.1, 0.15) is 39.0 Å². The first-order chi connectivity index (χ1) is 7.79. The molecule has 2 heteroatoms. The molecule has 6 unspecified atom stereocenters. The Labute approximate surface area is 104 Å². The van der Waals surface area contributed by atoms with E-state index in [0.29, 0.717) is 6.04 Å². The van der Waals surface area contributed by atoms with E-state index < -0.39 is 0 Å². The first kappa shape index (κ1) is 11.4. The third-order valence-corrected chi connectivity index (χ3v) is 6.18. The molecule has 3 saturated carbocycles. The summed E-state index contributed by atoms with van der Waals surface area (Å²) in [6.07, 6.45) is 9.88. The van der Waals surface area contributed by atoms with E-state index in [1.165, 1.54) is 18.6 Å². The lowest BCUT2D eigenvalue weighted by Gasteiger charge is -2.34. The van der Waals surface area contributed by atoms with Crippen LogP contribution in [-0.4, -0.2) is 24.1 Å². The molecule has 92 valence electrons. The smallest absolute Gasteiger partial charge is 0.0132 e. The van der Waals surface area contributed by atoms with Gasteiger partial charge in [0, 0.05) is 17.8 Å². The molecule has 0 aromatic heterocycles. The predicted molar refractivity (Wildman–Crippen MR) is 71.8 cm³/mol. The molecule has 0 amide bonds. The second kappa shape index (κ2) is 4.53. The number of nitrogens with one attached hydrogen (secondary N) is 1. The topological polar surface area (TPSA) is 12.0 Å². The molecule has 3 rings (SSSR count). The maximum absolute atomic E-state index is 3.90. The quantitative estimate of drug-likeness (QED) is 0.809. The SMILES string of the molecule is CSCC(C)NC1CC2CC1C1CCCC21. The van der Waals surface area contributed by atoms with Crippen LogP contribution in [0.3, 0.4) is 0 Å². The van der Waals surface area contributed by atoms with Gasteiger partial charge in [0.15, 0.2) is 0 Å². The lowest BCUT2D eigenvalue weighted by atomic mass is 9.79. The molecule has 0 saturated heterocycles. The van der Waals surface area contributed by atoms with Gasteiger partial charge < -0.3 is 5.32 Å². The Hall–Kier alpha value is 0.310. The highest BCUT2D eigenvalue weighted by Crippen LogP contribution is 2.58. The monoisotopic (exact) mass is 239 g/mol. The Morgan fingerprint density at radius 3 is 2.81 bits per heavy atom. The molecule has 3 aliphatic carbocycles. The van der Waals surface area contributed by atoms with Crippen LogP contribution in [0.25, 0.3) is 0 Å². The molecule has 16 heavy (non-hydrogen) atoms. The molecule has 0 aromatic carbocycles. The van der Waals surface area contributed by atoms with Crippen LogP contribution in [-0.2, 0) is 0 Å². The van der Waals surface area contributed by atoms with Gasteiger partial charge in [-0.15, -0.1) is 0 Å². The van der Waals surface area contributed by atoms with Gasteiger partial charge in [-0.1, -0.05) is 6.42 Å². The summed E-state index contributed by atoms with van der Waals surface area (Å²) >= 11 is 1.97. The van der Waals surface area contributed by atoms with E-state index in [0.717, 1.165) is 29.7 Å². The van der Waals surface area contributed by atoms with Gasteiger partial charge in [-0.25, -0.2) is 0 Å². The van der Waals surface area contributed by atoms with Gasteiger partial charge in [0.05, 0.1) is 0 Å². The Morgan fingerprint density at radius 1 is 1.19 bits per heavy atom. The Balaban J connectivity index is 1.59. The van der Waals surface area contributed by atoms with E-state index in [2.05, 4.69) is 18.5 Å². The van der Waals surface area contributed by atoms with Crippen LogP contribution in [0, 0.1) is 23.7 Å². The van der Waals surface area contributed by atoms with E-state index in [9.17, 15) is 0 Å². The summed E-state index contributed by atoms with van der Waals surface area (Å²) in [7, 11) is 0. The highest BCUT2D eigenvalue weighted by atomic mass is 32.2. The predicted octanol–water partition coefficient (Wildman–Crippen LogP) is 3.15. The van der Waals surface area contributed by atoms with Crippen LogP contribution >= 0.6 is 11.8 Å². The van der Waals surface area contributed by atoms with Crippen molar-refractivity contribution in [2.75, 3.05) is 12.0 Å². The molecule has 0 aromatic rings. The van der Waals surface area contributed by atoms with Crippen LogP contribution in [0.15, 0.2) is 0 Å². The molecule has 1 nitrogen and oxygen atoms in total. The molecule has 6 atom stereocenters. The molecule has 1 N–H and O–H groups in total. The highest BCUT2D eigenvalue weighted by molar-refractivity contribution is 7.98. The molecule has 3 aliphatic rings. The van der Waals surface area contributed by atoms with Gasteiger partial charge in [0.25, 0.3) is 0 Å². The van der Waals surface area contributed by atoms with Crippen molar-refractivity contribution in [1.29, 1.82) is 0 Å². The number of hydrogen-bond donors (Lipinski definition) is 1. The van der Waals surface area contributed by atoms with Crippen molar-refractivity contribution >= 4 is 11.8 Å². The minimum Gasteiger partial charge on any atom is -0.310 e. The Bertz CT molecular complexity index is 255. The van der Waals surface area contributed by atoms with E-state index in [1.807, 2.05) is 11.8 Å². The fourth-order valence-electron chi connectivity index (χ4n) is 4.92. The van der Waals surface area contributed by atoms with Crippen LogP contribution in [0.5, 0.6) is 0 Å². The van der Waals surface area contributed by atoms with Crippen LogP contribution in [0.2, 0.25) is 0 Å². The lowest BCUT2D eigenvalue weighted by Crippen LogP contribution is -2.44. The zero-order chi connectivity index (χ0) is 11.1. The van der Waals surface area contributed by atoms with E-state index in [4.69, 9.17) is 0 Å². The maximum Gasteiger partial charge on any atom is 0.0132 e. The first-order valence-electron chi connectivity index (χ1n) is 7.04. The van der Waals surface area contributed by atoms with Gasteiger partial charge in [-0.05, 0) is 62.5 Å². The van der Waals surface area contributed by atoms with E-state index in [-0.39, 0.29) is 0 Å². The Kier molecular flexibility index (Phi) is 3.23. The molecule has 2 bridgehead atoms. The average Bonchev–Trinajstić information content (AvgIpc) is 2.86. The number of fused-ring (bicyclic) bond motifs is 5. The number of rotatable bonds is 4. The minimum absolute atomic E-state index is 0.708. The van der Waals surface area contributed by atoms with E-state index >= 15 is 0 Å². The summed E-state index contributed by atoms with van der Waals surface area (Å²) in [6, 6.07) is 1.57. The fraction of sp³-hybridized carbons (Fsp3) is 1.00. The summed E-state index contributed by atoms with van der Waals surface area (Å²) in [5, 5.41) is 3.90. The zero-order valence-electron chi connectivity index (χ0n) is 10.6. The highest BCUT2D eigenvalue weighted by Gasteiger charge is 2.53. The standard InChI is InChI=1S/C14H25NS/c1-9(8-16-2)15-14-7-10-6-13(14)12-5-3-4-11(10)12/h9-15H,3-8H2,1-2H3. The summed E-state index contributed by atoms with van der Waals surface area (Å²) in [6.45, 7) is 2.36. The summed E-state index contributed by atoms with van der Waals surface area (Å²) in [4.78, 5) is 0. The van der Waals surface area contributed by atoms with Crippen molar-refractivity contribution in [2.45, 2.75) is 51.1 Å². The van der Waals surface area contributed by atoms with Crippen LogP contribution < -0.4 is 5.32 Å². The largest absolute Gasteiger partial charge is 0.310 e. The van der Waals surface area contributed by atoms with Crippen molar-refractivity contribution in [1.82, 2.24) is 5.32 Å². The second-order valence-electron chi connectivity index (χ2n) is 6.28. The second-order valence-corrected chi connectivity index (χ2v) is 7.19. The molecule has 0 spiro atoms. The molecule has 3 fully saturated rings.